The third-order valence-corrected chi connectivity index (χ3v) is 7.27. The van der Waals surface area contributed by atoms with Gasteiger partial charge in [0.1, 0.15) is 6.61 Å². The Morgan fingerprint density at radius 2 is 1.69 bits per heavy atom. The molecular weight excluding hydrogens is 448 g/mol. The molecule has 2 aliphatic rings. The van der Waals surface area contributed by atoms with Crippen molar-refractivity contribution >= 4 is 18.0 Å². The highest BCUT2D eigenvalue weighted by molar-refractivity contribution is 5.84. The van der Waals surface area contributed by atoms with Crippen LogP contribution in [0.25, 0.3) is 11.1 Å². The number of amides is 2. The number of alkyl carbamates (subject to hydrolysis) is 1. The van der Waals surface area contributed by atoms with Crippen molar-refractivity contribution in [2.24, 2.45) is 5.92 Å². The van der Waals surface area contributed by atoms with Gasteiger partial charge in [-0.3, -0.25) is 9.59 Å². The Labute approximate surface area is 205 Å². The quantitative estimate of drug-likeness (QED) is 0.531. The van der Waals surface area contributed by atoms with E-state index in [1.54, 1.807) is 6.92 Å². The van der Waals surface area contributed by atoms with E-state index in [4.69, 9.17) is 9.47 Å². The summed E-state index contributed by atoms with van der Waals surface area (Å²) in [6.45, 7) is 1.84. The van der Waals surface area contributed by atoms with Gasteiger partial charge in [0.05, 0.1) is 18.0 Å². The number of hydrogen-bond donors (Lipinski definition) is 3. The summed E-state index contributed by atoms with van der Waals surface area (Å²) in [5.74, 6) is -2.10. The van der Waals surface area contributed by atoms with Gasteiger partial charge in [0, 0.05) is 13.0 Å². The minimum atomic E-state index is -0.969. The van der Waals surface area contributed by atoms with Crippen LogP contribution in [0.4, 0.5) is 4.79 Å². The molecule has 2 amide bonds. The number of rotatable bonds is 8. The third-order valence-electron chi connectivity index (χ3n) is 7.27. The Bertz CT molecular complexity index is 1060. The number of carbonyl (C=O) groups is 3. The van der Waals surface area contributed by atoms with Crippen LogP contribution in [-0.4, -0.2) is 55.0 Å². The number of fused-ring (bicyclic) bond motifs is 3. The van der Waals surface area contributed by atoms with E-state index in [0.29, 0.717) is 12.8 Å². The van der Waals surface area contributed by atoms with Crippen LogP contribution >= 0.6 is 0 Å². The lowest BCUT2D eigenvalue weighted by Crippen LogP contribution is -2.58. The van der Waals surface area contributed by atoms with Crippen molar-refractivity contribution in [3.63, 3.8) is 0 Å². The lowest BCUT2D eigenvalue weighted by molar-refractivity contribution is -0.147. The van der Waals surface area contributed by atoms with Crippen molar-refractivity contribution in [1.82, 2.24) is 10.6 Å². The molecular formula is C27H32N2O6. The average Bonchev–Trinajstić information content (AvgIpc) is 3.16. The molecule has 8 nitrogen and oxygen atoms in total. The maximum Gasteiger partial charge on any atom is 0.407 e. The monoisotopic (exact) mass is 480 g/mol. The lowest BCUT2D eigenvalue weighted by Gasteiger charge is -2.40. The molecule has 0 spiro atoms. The molecule has 0 aliphatic heterocycles. The molecule has 0 radical (unpaired) electrons. The summed E-state index contributed by atoms with van der Waals surface area (Å²) in [5, 5.41) is 15.0. The molecule has 3 atom stereocenters. The van der Waals surface area contributed by atoms with Gasteiger partial charge < -0.3 is 25.2 Å². The highest BCUT2D eigenvalue weighted by Crippen LogP contribution is 2.44. The fourth-order valence-electron chi connectivity index (χ4n) is 5.35. The maximum absolute atomic E-state index is 12.8. The molecule has 3 unspecified atom stereocenters. The Hall–Kier alpha value is -3.39. The van der Waals surface area contributed by atoms with Gasteiger partial charge in [-0.1, -0.05) is 61.4 Å². The fourth-order valence-corrected chi connectivity index (χ4v) is 5.35. The maximum atomic E-state index is 12.8. The smallest absolute Gasteiger partial charge is 0.407 e. The van der Waals surface area contributed by atoms with E-state index in [-0.39, 0.29) is 19.1 Å². The number of aliphatic carboxylic acids is 1. The van der Waals surface area contributed by atoms with E-state index in [1.807, 2.05) is 36.4 Å². The van der Waals surface area contributed by atoms with Gasteiger partial charge >= 0.3 is 12.1 Å². The second-order valence-electron chi connectivity index (χ2n) is 9.47. The van der Waals surface area contributed by atoms with Crippen molar-refractivity contribution in [3.8, 4) is 11.1 Å². The summed E-state index contributed by atoms with van der Waals surface area (Å²) in [4.78, 5) is 37.0. The summed E-state index contributed by atoms with van der Waals surface area (Å²) < 4.78 is 10.8. The SMILES string of the molecule is COC(CNC(=O)OCC1c2ccccc2-c2ccccc21)C(=O)NC1(C)CCCCC1C(=O)O. The van der Waals surface area contributed by atoms with Crippen LogP contribution < -0.4 is 10.6 Å². The van der Waals surface area contributed by atoms with Crippen LogP contribution in [0.2, 0.25) is 0 Å². The number of carbonyl (C=O) groups excluding carboxylic acids is 2. The van der Waals surface area contributed by atoms with Crippen LogP contribution in [-0.2, 0) is 19.1 Å². The van der Waals surface area contributed by atoms with Gasteiger partial charge in [-0.2, -0.15) is 0 Å². The van der Waals surface area contributed by atoms with Crippen LogP contribution in [0.3, 0.4) is 0 Å². The van der Waals surface area contributed by atoms with Crippen molar-refractivity contribution in [3.05, 3.63) is 59.7 Å². The Kier molecular flexibility index (Phi) is 7.40. The number of methoxy groups -OCH3 is 1. The third kappa shape index (κ3) is 5.17. The Balaban J connectivity index is 1.32. The number of benzene rings is 2. The number of carboxylic acids is 1. The molecule has 186 valence electrons. The summed E-state index contributed by atoms with van der Waals surface area (Å²) in [7, 11) is 1.38. The Morgan fingerprint density at radius 3 is 2.29 bits per heavy atom. The summed E-state index contributed by atoms with van der Waals surface area (Å²) in [5.41, 5.74) is 3.66. The van der Waals surface area contributed by atoms with Gasteiger partial charge in [-0.25, -0.2) is 4.79 Å². The number of nitrogens with one attached hydrogen (secondary N) is 2. The molecule has 3 N–H and O–H groups in total. The molecule has 8 heteroatoms. The zero-order chi connectivity index (χ0) is 25.0. The molecule has 2 aliphatic carbocycles. The van der Waals surface area contributed by atoms with Gasteiger partial charge in [0.2, 0.25) is 0 Å². The number of ether oxygens (including phenoxy) is 2. The van der Waals surface area contributed by atoms with E-state index in [9.17, 15) is 19.5 Å². The molecule has 2 aromatic rings. The van der Waals surface area contributed by atoms with Crippen LogP contribution in [0, 0.1) is 5.92 Å². The summed E-state index contributed by atoms with van der Waals surface area (Å²) in [6.07, 6.45) is 1.14. The number of carboxylic acid groups (broad SMARTS) is 1. The molecule has 0 heterocycles. The topological polar surface area (TPSA) is 114 Å². The number of hydrogen-bond acceptors (Lipinski definition) is 5. The second-order valence-corrected chi connectivity index (χ2v) is 9.47. The molecule has 1 fully saturated rings. The molecule has 35 heavy (non-hydrogen) atoms. The minimum absolute atomic E-state index is 0.0612. The highest BCUT2D eigenvalue weighted by Gasteiger charge is 2.43. The summed E-state index contributed by atoms with van der Waals surface area (Å²) >= 11 is 0. The molecule has 1 saturated carbocycles. The van der Waals surface area contributed by atoms with E-state index in [2.05, 4.69) is 22.8 Å². The van der Waals surface area contributed by atoms with E-state index < -0.39 is 35.5 Å². The van der Waals surface area contributed by atoms with Crippen LogP contribution in [0.5, 0.6) is 0 Å². The normalized spacial score (nSPS) is 21.9. The van der Waals surface area contributed by atoms with Gasteiger partial charge in [-0.05, 0) is 42.0 Å². The van der Waals surface area contributed by atoms with E-state index in [0.717, 1.165) is 35.1 Å². The van der Waals surface area contributed by atoms with E-state index in [1.165, 1.54) is 7.11 Å². The first-order valence-electron chi connectivity index (χ1n) is 12.0. The van der Waals surface area contributed by atoms with Crippen molar-refractivity contribution < 1.29 is 29.0 Å². The molecule has 0 aromatic heterocycles. The predicted molar refractivity (Wildman–Crippen MR) is 130 cm³/mol. The molecule has 0 bridgehead atoms. The van der Waals surface area contributed by atoms with Crippen LogP contribution in [0.1, 0.15) is 49.7 Å². The lowest BCUT2D eigenvalue weighted by atomic mass is 9.74. The zero-order valence-corrected chi connectivity index (χ0v) is 20.1. The highest BCUT2D eigenvalue weighted by atomic mass is 16.5. The molecule has 4 rings (SSSR count). The predicted octanol–water partition coefficient (Wildman–Crippen LogP) is 3.69. The fraction of sp³-hybridized carbons (Fsp3) is 0.444. The van der Waals surface area contributed by atoms with Crippen LogP contribution in [0.15, 0.2) is 48.5 Å². The largest absolute Gasteiger partial charge is 0.481 e. The van der Waals surface area contributed by atoms with Crippen molar-refractivity contribution in [2.45, 2.75) is 50.2 Å². The summed E-state index contributed by atoms with van der Waals surface area (Å²) in [6, 6.07) is 16.2. The van der Waals surface area contributed by atoms with Gasteiger partial charge in [0.25, 0.3) is 5.91 Å². The average molecular weight is 481 g/mol. The molecule has 0 saturated heterocycles. The molecule has 2 aromatic carbocycles. The first-order chi connectivity index (χ1) is 16.8. The standard InChI is InChI=1S/C27H32N2O6/c1-27(14-8-7-13-22(27)25(31)32)29-24(30)23(34-2)15-28-26(33)35-16-21-19-11-5-3-9-17(19)18-10-4-6-12-20(18)21/h3-6,9-12,21-23H,7-8,13-16H2,1-2H3,(H,28,33)(H,29,30)(H,31,32). The van der Waals surface area contributed by atoms with Gasteiger partial charge in [0.15, 0.2) is 6.10 Å². The first-order valence-corrected chi connectivity index (χ1v) is 12.0. The second kappa shape index (κ2) is 10.5. The van der Waals surface area contributed by atoms with Crippen molar-refractivity contribution in [1.29, 1.82) is 0 Å². The van der Waals surface area contributed by atoms with E-state index >= 15 is 0 Å². The van der Waals surface area contributed by atoms with Gasteiger partial charge in [-0.15, -0.1) is 0 Å². The zero-order valence-electron chi connectivity index (χ0n) is 20.1. The Morgan fingerprint density at radius 1 is 1.06 bits per heavy atom. The van der Waals surface area contributed by atoms with Crippen molar-refractivity contribution in [2.75, 3.05) is 20.3 Å². The first kappa shape index (κ1) is 24.7. The minimum Gasteiger partial charge on any atom is -0.481 e.